The van der Waals surface area contributed by atoms with Gasteiger partial charge in [0, 0.05) is 30.6 Å². The molecule has 0 saturated carbocycles. The van der Waals surface area contributed by atoms with Crippen LogP contribution in [-0.2, 0) is 0 Å². The van der Waals surface area contributed by atoms with Gasteiger partial charge in [0.2, 0.25) is 0 Å². The fourth-order valence-electron chi connectivity index (χ4n) is 3.62. The summed E-state index contributed by atoms with van der Waals surface area (Å²) in [6.45, 7) is 2.98. The molecule has 1 aliphatic heterocycles. The number of hydrogen-bond acceptors (Lipinski definition) is 3. The third-order valence-electron chi connectivity index (χ3n) is 4.87. The molecule has 0 spiro atoms. The first-order valence-corrected chi connectivity index (χ1v) is 8.70. The van der Waals surface area contributed by atoms with Crippen molar-refractivity contribution in [1.82, 2.24) is 9.80 Å². The molecule has 0 amide bonds. The summed E-state index contributed by atoms with van der Waals surface area (Å²) in [6.07, 6.45) is 0.931. The summed E-state index contributed by atoms with van der Waals surface area (Å²) in [4.78, 5) is 17.8. The van der Waals surface area contributed by atoms with Crippen molar-refractivity contribution in [3.05, 3.63) is 71.8 Å². The topological polar surface area (TPSA) is 23.6 Å². The Morgan fingerprint density at radius 2 is 1.67 bits per heavy atom. The van der Waals surface area contributed by atoms with E-state index in [1.54, 1.807) is 0 Å². The zero-order chi connectivity index (χ0) is 16.9. The minimum atomic E-state index is 0.0389. The van der Waals surface area contributed by atoms with Crippen molar-refractivity contribution in [2.75, 3.05) is 33.7 Å². The Balaban J connectivity index is 1.86. The van der Waals surface area contributed by atoms with E-state index in [4.69, 9.17) is 0 Å². The molecular formula is C21H26N2O. The first-order valence-electron chi connectivity index (χ1n) is 8.70. The lowest BCUT2D eigenvalue weighted by molar-refractivity contribution is 0.0879. The Morgan fingerprint density at radius 1 is 1.04 bits per heavy atom. The second-order valence-corrected chi connectivity index (χ2v) is 6.82. The van der Waals surface area contributed by atoms with Crippen molar-refractivity contribution in [3.8, 4) is 0 Å². The van der Waals surface area contributed by atoms with Crippen molar-refractivity contribution in [2.45, 2.75) is 12.5 Å². The number of Topliss-reactive ketones (excluding diaryl/α,β-unsaturated/α-hetero) is 1. The van der Waals surface area contributed by atoms with Gasteiger partial charge in [0.1, 0.15) is 0 Å². The van der Waals surface area contributed by atoms with Gasteiger partial charge in [0.25, 0.3) is 0 Å². The molecule has 2 aromatic carbocycles. The molecule has 1 aliphatic rings. The van der Waals surface area contributed by atoms with Crippen LogP contribution in [0.25, 0.3) is 0 Å². The maximum absolute atomic E-state index is 13.1. The van der Waals surface area contributed by atoms with Gasteiger partial charge in [0.15, 0.2) is 5.78 Å². The highest BCUT2D eigenvalue weighted by atomic mass is 16.1. The number of carbonyl (C=O) groups excluding carboxylic acids is 1. The highest BCUT2D eigenvalue weighted by Gasteiger charge is 2.39. The molecule has 126 valence electrons. The zero-order valence-electron chi connectivity index (χ0n) is 14.6. The Hall–Kier alpha value is -1.97. The van der Waals surface area contributed by atoms with Gasteiger partial charge in [-0.2, -0.15) is 0 Å². The first-order chi connectivity index (χ1) is 11.7. The predicted octanol–water partition coefficient (Wildman–Crippen LogP) is 3.49. The molecule has 0 aromatic heterocycles. The normalized spacial score (nSPS) is 21.3. The largest absolute Gasteiger partial charge is 0.308 e. The van der Waals surface area contributed by atoms with E-state index < -0.39 is 0 Å². The van der Waals surface area contributed by atoms with Gasteiger partial charge < -0.3 is 4.90 Å². The van der Waals surface area contributed by atoms with Gasteiger partial charge in [-0.15, -0.1) is 0 Å². The number of carbonyl (C=O) groups is 1. The average Bonchev–Trinajstić information content (AvgIpc) is 3.04. The van der Waals surface area contributed by atoms with Crippen molar-refractivity contribution >= 4 is 5.78 Å². The third kappa shape index (κ3) is 3.74. The maximum Gasteiger partial charge on any atom is 0.167 e. The van der Waals surface area contributed by atoms with E-state index in [0.29, 0.717) is 0 Å². The van der Waals surface area contributed by atoms with Crippen LogP contribution in [0.1, 0.15) is 28.4 Å². The summed E-state index contributed by atoms with van der Waals surface area (Å²) >= 11 is 0. The van der Waals surface area contributed by atoms with Crippen LogP contribution in [0.2, 0.25) is 0 Å². The lowest BCUT2D eigenvalue weighted by Crippen LogP contribution is -2.33. The molecule has 0 unspecified atom stereocenters. The van der Waals surface area contributed by atoms with E-state index in [-0.39, 0.29) is 17.7 Å². The Morgan fingerprint density at radius 3 is 2.29 bits per heavy atom. The second-order valence-electron chi connectivity index (χ2n) is 6.82. The molecule has 0 radical (unpaired) electrons. The molecule has 0 N–H and O–H groups in total. The van der Waals surface area contributed by atoms with E-state index in [1.807, 2.05) is 36.4 Å². The minimum Gasteiger partial charge on any atom is -0.308 e. The van der Waals surface area contributed by atoms with Crippen LogP contribution in [-0.4, -0.2) is 49.3 Å². The Kier molecular flexibility index (Phi) is 5.44. The lowest BCUT2D eigenvalue weighted by Gasteiger charge is -2.29. The fraction of sp³-hybridized carbons (Fsp3) is 0.381. The van der Waals surface area contributed by atoms with Crippen molar-refractivity contribution in [2.24, 2.45) is 5.92 Å². The van der Waals surface area contributed by atoms with Gasteiger partial charge in [-0.05, 0) is 32.6 Å². The van der Waals surface area contributed by atoms with Crippen LogP contribution in [0, 0.1) is 5.92 Å². The standard InChI is InChI=1S/C21H26N2O/c1-22(2)15-16-23-14-13-19(20(23)17-9-5-3-6-10-17)21(24)18-11-7-4-8-12-18/h3-12,19-20H,13-16H2,1-2H3/t19-,20+/m0/s1. The van der Waals surface area contributed by atoms with Crippen LogP contribution in [0.4, 0.5) is 0 Å². The molecule has 0 aliphatic carbocycles. The molecule has 2 aromatic rings. The summed E-state index contributed by atoms with van der Waals surface area (Å²) in [5.41, 5.74) is 2.08. The van der Waals surface area contributed by atoms with Gasteiger partial charge >= 0.3 is 0 Å². The summed E-state index contributed by atoms with van der Waals surface area (Å²) in [7, 11) is 4.19. The molecule has 3 nitrogen and oxygen atoms in total. The Bertz CT molecular complexity index is 654. The molecule has 0 bridgehead atoms. The quantitative estimate of drug-likeness (QED) is 0.761. The van der Waals surface area contributed by atoms with Crippen LogP contribution >= 0.6 is 0 Å². The van der Waals surface area contributed by atoms with E-state index >= 15 is 0 Å². The second kappa shape index (κ2) is 7.73. The molecule has 3 heteroatoms. The number of rotatable bonds is 6. The Labute approximate surface area is 144 Å². The molecule has 1 fully saturated rings. The fourth-order valence-corrected chi connectivity index (χ4v) is 3.62. The molecule has 2 atom stereocenters. The van der Waals surface area contributed by atoms with Crippen molar-refractivity contribution in [1.29, 1.82) is 0 Å². The summed E-state index contributed by atoms with van der Waals surface area (Å²) in [5.74, 6) is 0.314. The predicted molar refractivity (Wildman–Crippen MR) is 98.2 cm³/mol. The highest BCUT2D eigenvalue weighted by Crippen LogP contribution is 2.38. The summed E-state index contributed by atoms with van der Waals surface area (Å²) < 4.78 is 0. The first kappa shape index (κ1) is 16.9. The van der Waals surface area contributed by atoms with Gasteiger partial charge in [-0.3, -0.25) is 9.69 Å². The van der Waals surface area contributed by atoms with E-state index in [2.05, 4.69) is 48.2 Å². The van der Waals surface area contributed by atoms with Crippen LogP contribution in [0.5, 0.6) is 0 Å². The molecule has 1 heterocycles. The summed E-state index contributed by atoms with van der Waals surface area (Å²) in [6, 6.07) is 20.4. The van der Waals surface area contributed by atoms with E-state index in [9.17, 15) is 4.79 Å². The molecule has 24 heavy (non-hydrogen) atoms. The van der Waals surface area contributed by atoms with E-state index in [1.165, 1.54) is 5.56 Å². The summed E-state index contributed by atoms with van der Waals surface area (Å²) in [5, 5.41) is 0. The third-order valence-corrected chi connectivity index (χ3v) is 4.87. The lowest BCUT2D eigenvalue weighted by atomic mass is 9.87. The average molecular weight is 322 g/mol. The SMILES string of the molecule is CN(C)CCN1CC[C@H](C(=O)c2ccccc2)[C@H]1c1ccccc1. The molecule has 1 saturated heterocycles. The van der Waals surface area contributed by atoms with E-state index in [0.717, 1.165) is 31.6 Å². The van der Waals surface area contributed by atoms with Crippen LogP contribution in [0.3, 0.4) is 0 Å². The van der Waals surface area contributed by atoms with Crippen LogP contribution in [0.15, 0.2) is 60.7 Å². The van der Waals surface area contributed by atoms with Crippen molar-refractivity contribution in [3.63, 3.8) is 0 Å². The number of benzene rings is 2. The maximum atomic E-state index is 13.1. The monoisotopic (exact) mass is 322 g/mol. The molecular weight excluding hydrogens is 296 g/mol. The number of nitrogens with zero attached hydrogens (tertiary/aromatic N) is 2. The number of ketones is 1. The smallest absolute Gasteiger partial charge is 0.167 e. The highest BCUT2D eigenvalue weighted by molar-refractivity contribution is 5.98. The number of likely N-dealkylation sites (tertiary alicyclic amines) is 1. The zero-order valence-corrected chi connectivity index (χ0v) is 14.6. The minimum absolute atomic E-state index is 0.0389. The van der Waals surface area contributed by atoms with Gasteiger partial charge in [-0.25, -0.2) is 0 Å². The van der Waals surface area contributed by atoms with Crippen LogP contribution < -0.4 is 0 Å². The van der Waals surface area contributed by atoms with Crippen molar-refractivity contribution < 1.29 is 4.79 Å². The van der Waals surface area contributed by atoms with Gasteiger partial charge in [0.05, 0.1) is 0 Å². The number of likely N-dealkylation sites (N-methyl/N-ethyl adjacent to an activating group) is 1. The van der Waals surface area contributed by atoms with Gasteiger partial charge in [-0.1, -0.05) is 60.7 Å². The molecule has 3 rings (SSSR count). The number of hydrogen-bond donors (Lipinski definition) is 0.